The van der Waals surface area contributed by atoms with Gasteiger partial charge in [0.25, 0.3) is 0 Å². The Balaban J connectivity index is 1.75. The van der Waals surface area contributed by atoms with Crippen LogP contribution in [-0.2, 0) is 19.3 Å². The Kier molecular flexibility index (Phi) is 4.23. The second-order valence-corrected chi connectivity index (χ2v) is 5.81. The van der Waals surface area contributed by atoms with Crippen LogP contribution < -0.4 is 0 Å². The first-order valence-corrected chi connectivity index (χ1v) is 8.01. The van der Waals surface area contributed by atoms with Gasteiger partial charge in [-0.15, -0.1) is 15.3 Å². The van der Waals surface area contributed by atoms with Crippen molar-refractivity contribution in [3.8, 4) is 11.4 Å². The number of furan rings is 1. The maximum atomic E-state index is 5.33. The summed E-state index contributed by atoms with van der Waals surface area (Å²) in [5.74, 6) is 3.13. The third-order valence-electron chi connectivity index (χ3n) is 3.31. The van der Waals surface area contributed by atoms with Gasteiger partial charge in [-0.2, -0.15) is 0 Å². The minimum absolute atomic E-state index is 0.656. The fourth-order valence-electron chi connectivity index (χ4n) is 2.13. The molecule has 3 aromatic heterocycles. The summed E-state index contributed by atoms with van der Waals surface area (Å²) in [7, 11) is 1.94. The van der Waals surface area contributed by atoms with Crippen LogP contribution in [0.25, 0.3) is 11.4 Å². The molecule has 0 aliphatic rings. The molecule has 0 aliphatic heterocycles. The number of aromatic nitrogens is 7. The molecule has 3 rings (SSSR count). The first kappa shape index (κ1) is 14.8. The molecule has 3 heterocycles. The van der Waals surface area contributed by atoms with Gasteiger partial charge < -0.3 is 8.98 Å². The third-order valence-corrected chi connectivity index (χ3v) is 4.32. The highest BCUT2D eigenvalue weighted by molar-refractivity contribution is 7.98. The van der Waals surface area contributed by atoms with E-state index in [0.717, 1.165) is 41.1 Å². The second kappa shape index (κ2) is 6.30. The predicted molar refractivity (Wildman–Crippen MR) is 81.1 cm³/mol. The van der Waals surface area contributed by atoms with Gasteiger partial charge in [0.1, 0.15) is 5.76 Å². The maximum absolute atomic E-state index is 5.33. The van der Waals surface area contributed by atoms with Crippen molar-refractivity contribution < 1.29 is 4.42 Å². The van der Waals surface area contributed by atoms with Gasteiger partial charge in [0.2, 0.25) is 0 Å². The van der Waals surface area contributed by atoms with Crippen LogP contribution in [0.3, 0.4) is 0 Å². The molecule has 0 aromatic carbocycles. The molecule has 8 nitrogen and oxygen atoms in total. The van der Waals surface area contributed by atoms with Gasteiger partial charge >= 0.3 is 0 Å². The van der Waals surface area contributed by atoms with Gasteiger partial charge in [0.15, 0.2) is 16.8 Å². The van der Waals surface area contributed by atoms with E-state index in [2.05, 4.69) is 32.6 Å². The molecule has 0 aliphatic carbocycles. The van der Waals surface area contributed by atoms with Crippen LogP contribution in [0.4, 0.5) is 0 Å². The molecule has 0 saturated carbocycles. The number of aryl methyl sites for hydroxylation is 2. The highest BCUT2D eigenvalue weighted by atomic mass is 32.2. The van der Waals surface area contributed by atoms with Crippen LogP contribution in [0.15, 0.2) is 21.9 Å². The van der Waals surface area contributed by atoms with Crippen LogP contribution in [0.1, 0.15) is 24.9 Å². The molecule has 0 amide bonds. The van der Waals surface area contributed by atoms with Gasteiger partial charge in [0, 0.05) is 13.6 Å². The quantitative estimate of drug-likeness (QED) is 0.643. The summed E-state index contributed by atoms with van der Waals surface area (Å²) in [6.45, 7) is 4.83. The van der Waals surface area contributed by atoms with Crippen molar-refractivity contribution in [1.29, 1.82) is 0 Å². The van der Waals surface area contributed by atoms with E-state index in [-0.39, 0.29) is 0 Å². The molecule has 9 heteroatoms. The van der Waals surface area contributed by atoms with Gasteiger partial charge in [0.05, 0.1) is 17.6 Å². The lowest BCUT2D eigenvalue weighted by atomic mass is 10.2. The minimum atomic E-state index is 0.656. The van der Waals surface area contributed by atoms with E-state index in [4.69, 9.17) is 4.42 Å². The Labute approximate surface area is 131 Å². The molecule has 0 bridgehead atoms. The Bertz CT molecular complexity index is 760. The summed E-state index contributed by atoms with van der Waals surface area (Å²) in [6, 6.07) is 1.90. The number of thioether (sulfide) groups is 1. The molecular formula is C13H17N7OS. The van der Waals surface area contributed by atoms with Gasteiger partial charge in [-0.05, 0) is 29.8 Å². The molecule has 0 atom stereocenters. The van der Waals surface area contributed by atoms with Crippen molar-refractivity contribution >= 4 is 11.8 Å². The van der Waals surface area contributed by atoms with Crippen molar-refractivity contribution in [3.05, 3.63) is 23.9 Å². The zero-order valence-corrected chi connectivity index (χ0v) is 13.5. The van der Waals surface area contributed by atoms with Crippen LogP contribution in [0.2, 0.25) is 0 Å². The van der Waals surface area contributed by atoms with Crippen molar-refractivity contribution in [3.63, 3.8) is 0 Å². The van der Waals surface area contributed by atoms with Crippen molar-refractivity contribution in [2.45, 2.75) is 37.7 Å². The fraction of sp³-hybridized carbons (Fsp3) is 0.462. The zero-order chi connectivity index (χ0) is 15.5. The standard InChI is InChI=1S/C13H17N7OS/c1-4-6-20-11(14-17-18-20)8-22-13-16-15-12(19(13)3)10-5-7-21-9(10)2/h5,7H,4,6,8H2,1-3H3. The van der Waals surface area contributed by atoms with E-state index >= 15 is 0 Å². The van der Waals surface area contributed by atoms with Crippen LogP contribution in [0, 0.1) is 6.92 Å². The average Bonchev–Trinajstić information content (AvgIpc) is 3.19. The molecule has 0 saturated heterocycles. The molecule has 116 valence electrons. The van der Waals surface area contributed by atoms with Crippen LogP contribution in [0.5, 0.6) is 0 Å². The molecule has 3 aromatic rings. The highest BCUT2D eigenvalue weighted by Crippen LogP contribution is 2.26. The normalized spacial score (nSPS) is 11.2. The first-order chi connectivity index (χ1) is 10.7. The van der Waals surface area contributed by atoms with E-state index in [0.29, 0.717) is 5.75 Å². The largest absolute Gasteiger partial charge is 0.469 e. The molecule has 0 N–H and O–H groups in total. The summed E-state index contributed by atoms with van der Waals surface area (Å²) < 4.78 is 9.11. The smallest absolute Gasteiger partial charge is 0.191 e. The Morgan fingerprint density at radius 2 is 2.14 bits per heavy atom. The van der Waals surface area contributed by atoms with Gasteiger partial charge in [-0.1, -0.05) is 18.7 Å². The summed E-state index contributed by atoms with van der Waals surface area (Å²) in [6.07, 6.45) is 2.65. The lowest BCUT2D eigenvalue weighted by Gasteiger charge is -2.04. The SMILES string of the molecule is CCCn1nnnc1CSc1nnc(-c2ccoc2C)n1C. The summed E-state index contributed by atoms with van der Waals surface area (Å²) in [4.78, 5) is 0. The topological polar surface area (TPSA) is 87.4 Å². The zero-order valence-electron chi connectivity index (χ0n) is 12.7. The second-order valence-electron chi connectivity index (χ2n) is 4.86. The van der Waals surface area contributed by atoms with Crippen LogP contribution in [-0.4, -0.2) is 35.0 Å². The molecule has 0 unspecified atom stereocenters. The summed E-state index contributed by atoms with van der Waals surface area (Å²) in [5.41, 5.74) is 0.956. The molecule has 0 radical (unpaired) electrons. The number of hydrogen-bond acceptors (Lipinski definition) is 7. The van der Waals surface area contributed by atoms with E-state index in [1.165, 1.54) is 0 Å². The molecule has 22 heavy (non-hydrogen) atoms. The number of hydrogen-bond donors (Lipinski definition) is 0. The summed E-state index contributed by atoms with van der Waals surface area (Å²) >= 11 is 1.56. The Morgan fingerprint density at radius 3 is 2.86 bits per heavy atom. The molecular weight excluding hydrogens is 302 g/mol. The van der Waals surface area contributed by atoms with Crippen molar-refractivity contribution in [2.75, 3.05) is 0 Å². The first-order valence-electron chi connectivity index (χ1n) is 7.02. The van der Waals surface area contributed by atoms with Gasteiger partial charge in [-0.3, -0.25) is 0 Å². The predicted octanol–water partition coefficient (Wildman–Crippen LogP) is 2.07. The van der Waals surface area contributed by atoms with Crippen LogP contribution >= 0.6 is 11.8 Å². The number of rotatable bonds is 6. The van der Waals surface area contributed by atoms with Crippen molar-refractivity contribution in [1.82, 2.24) is 35.0 Å². The maximum Gasteiger partial charge on any atom is 0.191 e. The Morgan fingerprint density at radius 1 is 1.27 bits per heavy atom. The highest BCUT2D eigenvalue weighted by Gasteiger charge is 2.16. The fourth-order valence-corrected chi connectivity index (χ4v) is 2.98. The van der Waals surface area contributed by atoms with E-state index in [1.807, 2.05) is 29.3 Å². The minimum Gasteiger partial charge on any atom is -0.469 e. The van der Waals surface area contributed by atoms with E-state index in [1.54, 1.807) is 18.0 Å². The summed E-state index contributed by atoms with van der Waals surface area (Å²) in [5, 5.41) is 21.1. The number of tetrazole rings is 1. The number of nitrogens with zero attached hydrogens (tertiary/aromatic N) is 7. The lowest BCUT2D eigenvalue weighted by molar-refractivity contribution is 0.534. The molecule has 0 fully saturated rings. The lowest BCUT2D eigenvalue weighted by Crippen LogP contribution is -2.04. The molecule has 0 spiro atoms. The van der Waals surface area contributed by atoms with E-state index < -0.39 is 0 Å². The average molecular weight is 319 g/mol. The Hall–Kier alpha value is -2.16. The van der Waals surface area contributed by atoms with Crippen molar-refractivity contribution in [2.24, 2.45) is 7.05 Å². The van der Waals surface area contributed by atoms with Gasteiger partial charge in [-0.25, -0.2) is 4.68 Å². The third kappa shape index (κ3) is 2.76. The monoisotopic (exact) mass is 319 g/mol. The van der Waals surface area contributed by atoms with E-state index in [9.17, 15) is 0 Å².